The highest BCUT2D eigenvalue weighted by Crippen LogP contribution is 2.14. The molecule has 0 atom stereocenters. The van der Waals surface area contributed by atoms with Crippen molar-refractivity contribution >= 4 is 11.9 Å². The second-order valence-corrected chi connectivity index (χ2v) is 4.74. The van der Waals surface area contributed by atoms with Crippen molar-refractivity contribution in [2.75, 3.05) is 13.2 Å². The molecule has 0 unspecified atom stereocenters. The maximum Gasteiger partial charge on any atom is 0.338 e. The van der Waals surface area contributed by atoms with E-state index in [1.807, 2.05) is 13.8 Å². The minimum atomic E-state index is -0.499. The van der Waals surface area contributed by atoms with Crippen LogP contribution in [0.15, 0.2) is 36.4 Å². The van der Waals surface area contributed by atoms with Crippen LogP contribution in [-0.4, -0.2) is 31.3 Å². The van der Waals surface area contributed by atoms with Gasteiger partial charge in [0, 0.05) is 5.57 Å². The van der Waals surface area contributed by atoms with Gasteiger partial charge in [0.1, 0.15) is 19.0 Å². The first-order valence-corrected chi connectivity index (χ1v) is 6.66. The normalized spacial score (nSPS) is 10.1. The molecule has 0 saturated carbocycles. The minimum Gasteiger partial charge on any atom is -0.491 e. The van der Waals surface area contributed by atoms with Crippen LogP contribution in [0.5, 0.6) is 5.75 Å². The Morgan fingerprint density at radius 1 is 1.10 bits per heavy atom. The Morgan fingerprint density at radius 3 is 2.19 bits per heavy atom. The summed E-state index contributed by atoms with van der Waals surface area (Å²) in [6.45, 7) is 8.86. The lowest BCUT2D eigenvalue weighted by Crippen LogP contribution is -2.14. The molecule has 0 aliphatic heterocycles. The lowest BCUT2D eigenvalue weighted by atomic mass is 10.2. The van der Waals surface area contributed by atoms with Gasteiger partial charge in [0.05, 0.1) is 11.7 Å². The summed E-state index contributed by atoms with van der Waals surface area (Å²) in [5.74, 6) is -0.282. The Balaban J connectivity index is 2.38. The van der Waals surface area contributed by atoms with E-state index >= 15 is 0 Å². The summed E-state index contributed by atoms with van der Waals surface area (Å²) >= 11 is 0. The summed E-state index contributed by atoms with van der Waals surface area (Å²) in [6, 6.07) is 6.66. The molecular weight excluding hydrogens is 272 g/mol. The standard InChI is InChI=1S/C16H20O5/c1-11(2)15(17)19-9-10-20-16(18)13-5-7-14(8-6-13)21-12(3)4/h5-8,12H,1,9-10H2,2-4H3. The highest BCUT2D eigenvalue weighted by molar-refractivity contribution is 5.89. The van der Waals surface area contributed by atoms with Crippen molar-refractivity contribution in [1.82, 2.24) is 0 Å². The summed E-state index contributed by atoms with van der Waals surface area (Å²) in [4.78, 5) is 22.8. The molecule has 0 aliphatic rings. The van der Waals surface area contributed by atoms with Gasteiger partial charge in [0.2, 0.25) is 0 Å². The fraction of sp³-hybridized carbons (Fsp3) is 0.375. The quantitative estimate of drug-likeness (QED) is 0.439. The largest absolute Gasteiger partial charge is 0.491 e. The number of esters is 2. The molecule has 21 heavy (non-hydrogen) atoms. The van der Waals surface area contributed by atoms with E-state index in [1.165, 1.54) is 0 Å². The average molecular weight is 292 g/mol. The van der Waals surface area contributed by atoms with E-state index in [0.717, 1.165) is 0 Å². The van der Waals surface area contributed by atoms with Crippen LogP contribution in [0.3, 0.4) is 0 Å². The summed E-state index contributed by atoms with van der Waals surface area (Å²) in [5.41, 5.74) is 0.722. The maximum atomic E-state index is 11.7. The summed E-state index contributed by atoms with van der Waals surface area (Å²) in [5, 5.41) is 0. The van der Waals surface area contributed by atoms with Gasteiger partial charge in [-0.15, -0.1) is 0 Å². The molecule has 1 rings (SSSR count). The molecule has 0 spiro atoms. The molecular formula is C16H20O5. The van der Waals surface area contributed by atoms with E-state index in [9.17, 15) is 9.59 Å². The van der Waals surface area contributed by atoms with Crippen molar-refractivity contribution < 1.29 is 23.8 Å². The Bertz CT molecular complexity index is 502. The van der Waals surface area contributed by atoms with Crippen LogP contribution in [0.2, 0.25) is 0 Å². The van der Waals surface area contributed by atoms with Crippen molar-refractivity contribution in [2.45, 2.75) is 26.9 Å². The third-order valence-corrected chi connectivity index (χ3v) is 2.36. The zero-order valence-electron chi connectivity index (χ0n) is 12.5. The molecule has 0 bridgehead atoms. The average Bonchev–Trinajstić information content (AvgIpc) is 2.43. The summed E-state index contributed by atoms with van der Waals surface area (Å²) < 4.78 is 15.3. The first-order chi connectivity index (χ1) is 9.90. The number of carbonyl (C=O) groups excluding carboxylic acids is 2. The number of ether oxygens (including phenoxy) is 3. The lowest BCUT2D eigenvalue weighted by Gasteiger charge is -2.10. The van der Waals surface area contributed by atoms with Gasteiger partial charge in [-0.3, -0.25) is 0 Å². The molecule has 0 saturated heterocycles. The first-order valence-electron chi connectivity index (χ1n) is 6.66. The third kappa shape index (κ3) is 6.12. The molecule has 0 amide bonds. The van der Waals surface area contributed by atoms with Gasteiger partial charge in [-0.25, -0.2) is 9.59 Å². The fourth-order valence-electron chi connectivity index (χ4n) is 1.42. The number of rotatable bonds is 7. The van der Waals surface area contributed by atoms with E-state index in [0.29, 0.717) is 16.9 Å². The number of benzene rings is 1. The van der Waals surface area contributed by atoms with E-state index in [1.54, 1.807) is 31.2 Å². The molecule has 0 N–H and O–H groups in total. The lowest BCUT2D eigenvalue weighted by molar-refractivity contribution is -0.140. The van der Waals surface area contributed by atoms with Crippen molar-refractivity contribution in [3.63, 3.8) is 0 Å². The van der Waals surface area contributed by atoms with Crippen LogP contribution in [0.25, 0.3) is 0 Å². The van der Waals surface area contributed by atoms with Crippen molar-refractivity contribution in [1.29, 1.82) is 0 Å². The zero-order valence-corrected chi connectivity index (χ0v) is 12.5. The molecule has 0 fully saturated rings. The first kappa shape index (κ1) is 16.8. The van der Waals surface area contributed by atoms with Crippen molar-refractivity contribution in [3.05, 3.63) is 42.0 Å². The van der Waals surface area contributed by atoms with Gasteiger partial charge in [0.25, 0.3) is 0 Å². The SMILES string of the molecule is C=C(C)C(=O)OCCOC(=O)c1ccc(OC(C)C)cc1. The van der Waals surface area contributed by atoms with Crippen molar-refractivity contribution in [3.8, 4) is 5.75 Å². The van der Waals surface area contributed by atoms with E-state index in [4.69, 9.17) is 14.2 Å². The van der Waals surface area contributed by atoms with Gasteiger partial charge in [-0.2, -0.15) is 0 Å². The molecule has 1 aromatic carbocycles. The van der Waals surface area contributed by atoms with Gasteiger partial charge in [0.15, 0.2) is 0 Å². The van der Waals surface area contributed by atoms with Crippen molar-refractivity contribution in [2.24, 2.45) is 0 Å². The molecule has 5 nitrogen and oxygen atoms in total. The monoisotopic (exact) mass is 292 g/mol. The predicted molar refractivity (Wildman–Crippen MR) is 78.3 cm³/mol. The zero-order chi connectivity index (χ0) is 15.8. The van der Waals surface area contributed by atoms with Crippen LogP contribution >= 0.6 is 0 Å². The van der Waals surface area contributed by atoms with E-state index < -0.39 is 11.9 Å². The molecule has 0 aromatic heterocycles. The molecule has 0 radical (unpaired) electrons. The van der Waals surface area contributed by atoms with Gasteiger partial charge < -0.3 is 14.2 Å². The van der Waals surface area contributed by atoms with Crippen LogP contribution in [-0.2, 0) is 14.3 Å². The topological polar surface area (TPSA) is 61.8 Å². The maximum absolute atomic E-state index is 11.7. The molecule has 114 valence electrons. The second-order valence-electron chi connectivity index (χ2n) is 4.74. The Kier molecular flexibility index (Phi) is 6.46. The molecule has 0 aliphatic carbocycles. The Labute approximate surface area is 124 Å². The Morgan fingerprint density at radius 2 is 1.67 bits per heavy atom. The molecule has 0 heterocycles. The van der Waals surface area contributed by atoms with E-state index in [2.05, 4.69) is 6.58 Å². The Hall–Kier alpha value is -2.30. The van der Waals surface area contributed by atoms with Crippen LogP contribution in [0, 0.1) is 0 Å². The number of hydrogen-bond donors (Lipinski definition) is 0. The van der Waals surface area contributed by atoms with Crippen LogP contribution in [0.1, 0.15) is 31.1 Å². The van der Waals surface area contributed by atoms with Gasteiger partial charge in [-0.1, -0.05) is 6.58 Å². The van der Waals surface area contributed by atoms with Gasteiger partial charge in [-0.05, 0) is 45.0 Å². The minimum absolute atomic E-state index is 0.00208. The number of carbonyl (C=O) groups is 2. The number of hydrogen-bond acceptors (Lipinski definition) is 5. The highest BCUT2D eigenvalue weighted by atomic mass is 16.6. The highest BCUT2D eigenvalue weighted by Gasteiger charge is 2.08. The smallest absolute Gasteiger partial charge is 0.338 e. The van der Waals surface area contributed by atoms with E-state index in [-0.39, 0.29) is 19.3 Å². The second kappa shape index (κ2) is 8.09. The van der Waals surface area contributed by atoms with Crippen LogP contribution < -0.4 is 4.74 Å². The molecule has 5 heteroatoms. The molecule has 1 aromatic rings. The fourth-order valence-corrected chi connectivity index (χ4v) is 1.42. The summed E-state index contributed by atoms with van der Waals surface area (Å²) in [6.07, 6.45) is 0.0748. The predicted octanol–water partition coefficient (Wildman–Crippen LogP) is 2.75. The third-order valence-electron chi connectivity index (χ3n) is 2.36. The van der Waals surface area contributed by atoms with Gasteiger partial charge >= 0.3 is 11.9 Å². The summed E-state index contributed by atoms with van der Waals surface area (Å²) in [7, 11) is 0. The van der Waals surface area contributed by atoms with Crippen LogP contribution in [0.4, 0.5) is 0 Å².